The number of hydrogen-bond donors (Lipinski definition) is 1. The van der Waals surface area contributed by atoms with Crippen molar-refractivity contribution in [2.75, 3.05) is 5.43 Å². The van der Waals surface area contributed by atoms with E-state index >= 15 is 0 Å². The van der Waals surface area contributed by atoms with Gasteiger partial charge in [-0.05, 0) is 30.4 Å². The van der Waals surface area contributed by atoms with Crippen LogP contribution in [0.1, 0.15) is 38.7 Å². The minimum absolute atomic E-state index is 0.135. The molecule has 1 N–H and O–H groups in total. The molecule has 146 valence electrons. The highest BCUT2D eigenvalue weighted by molar-refractivity contribution is 5.97. The molecule has 1 aliphatic rings. The van der Waals surface area contributed by atoms with Crippen molar-refractivity contribution < 1.29 is 9.85 Å². The molecule has 1 saturated carbocycles. The summed E-state index contributed by atoms with van der Waals surface area (Å²) in [5.41, 5.74) is 4.05. The number of hydrazone groups is 1. The van der Waals surface area contributed by atoms with E-state index in [1.165, 1.54) is 12.1 Å². The van der Waals surface area contributed by atoms with Gasteiger partial charge in [-0.25, -0.2) is 0 Å². The quantitative estimate of drug-likeness (QED) is 0.574. The molecule has 1 fully saturated rings. The van der Waals surface area contributed by atoms with E-state index in [0.717, 1.165) is 36.6 Å². The molecule has 28 heavy (non-hydrogen) atoms. The van der Waals surface area contributed by atoms with Gasteiger partial charge in [0.25, 0.3) is 5.69 Å². The Kier molecular flexibility index (Phi) is 5.39. The van der Waals surface area contributed by atoms with Crippen LogP contribution in [0.3, 0.4) is 0 Å². The van der Waals surface area contributed by atoms with Crippen molar-refractivity contribution in [3.63, 3.8) is 0 Å². The van der Waals surface area contributed by atoms with Crippen LogP contribution >= 0.6 is 0 Å². The summed E-state index contributed by atoms with van der Waals surface area (Å²) in [4.78, 5) is 21.0. The van der Waals surface area contributed by atoms with E-state index in [9.17, 15) is 20.2 Å². The first-order chi connectivity index (χ1) is 13.3. The first kappa shape index (κ1) is 19.5. The zero-order valence-electron chi connectivity index (χ0n) is 15.8. The predicted molar refractivity (Wildman–Crippen MR) is 108 cm³/mol. The molecule has 2 aromatic carbocycles. The molecule has 2 aromatic rings. The van der Waals surface area contributed by atoms with Crippen LogP contribution in [0.25, 0.3) is 0 Å². The molecule has 0 saturated heterocycles. The molecule has 1 aliphatic carbocycles. The zero-order chi connectivity index (χ0) is 20.3. The van der Waals surface area contributed by atoms with Crippen LogP contribution in [0.15, 0.2) is 53.6 Å². The Balaban J connectivity index is 1.99. The average Bonchev–Trinajstić information content (AvgIpc) is 2.68. The molecule has 3 rings (SSSR count). The van der Waals surface area contributed by atoms with Crippen molar-refractivity contribution in [3.8, 4) is 0 Å². The minimum atomic E-state index is -0.654. The molecule has 8 heteroatoms. The van der Waals surface area contributed by atoms with E-state index in [-0.39, 0.29) is 28.4 Å². The van der Waals surface area contributed by atoms with Gasteiger partial charge in [-0.2, -0.15) is 5.10 Å². The second-order valence-corrected chi connectivity index (χ2v) is 7.32. The molecule has 2 atom stereocenters. The van der Waals surface area contributed by atoms with Gasteiger partial charge in [0.1, 0.15) is 5.69 Å². The predicted octanol–water partition coefficient (Wildman–Crippen LogP) is 5.05. The number of nitro benzene ring substituents is 2. The number of hydrogen-bond acceptors (Lipinski definition) is 6. The maximum Gasteiger partial charge on any atom is 0.301 e. The summed E-state index contributed by atoms with van der Waals surface area (Å²) in [5, 5.41) is 26.8. The van der Waals surface area contributed by atoms with E-state index in [2.05, 4.69) is 36.5 Å². The van der Waals surface area contributed by atoms with Crippen LogP contribution < -0.4 is 5.43 Å². The largest absolute Gasteiger partial charge is 0.301 e. The standard InChI is InChI=1S/C20H22N4O4/c1-14-7-6-12-20(2,15-8-4-3-5-9-15)19(14)22-21-17-11-10-16(23(25)26)13-18(17)24(27)28/h3-5,8-11,13-14,21H,6-7,12H2,1-2H3/b22-19-/t14-,20+/m1/s1. The smallest absolute Gasteiger partial charge is 0.272 e. The molecule has 0 amide bonds. The van der Waals surface area contributed by atoms with Crippen molar-refractivity contribution in [1.29, 1.82) is 0 Å². The molecule has 0 aliphatic heterocycles. The Hall–Kier alpha value is -3.29. The van der Waals surface area contributed by atoms with E-state index < -0.39 is 9.85 Å². The fourth-order valence-corrected chi connectivity index (χ4v) is 3.90. The lowest BCUT2D eigenvalue weighted by atomic mass is 9.66. The fraction of sp³-hybridized carbons (Fsp3) is 0.350. The highest BCUT2D eigenvalue weighted by Gasteiger charge is 2.38. The summed E-state index contributed by atoms with van der Waals surface area (Å²) in [6, 6.07) is 13.6. The van der Waals surface area contributed by atoms with Crippen molar-refractivity contribution in [2.45, 2.75) is 38.5 Å². The molecule has 8 nitrogen and oxygen atoms in total. The molecule has 0 unspecified atom stereocenters. The van der Waals surface area contributed by atoms with Gasteiger partial charge in [-0.15, -0.1) is 0 Å². The molecule has 0 bridgehead atoms. The van der Waals surface area contributed by atoms with Gasteiger partial charge in [0.05, 0.1) is 21.6 Å². The van der Waals surface area contributed by atoms with Crippen LogP contribution in [0.2, 0.25) is 0 Å². The number of non-ortho nitro benzene ring substituents is 1. The Morgan fingerprint density at radius 3 is 2.46 bits per heavy atom. The normalized spacial score (nSPS) is 23.4. The number of nitrogens with one attached hydrogen (secondary N) is 1. The van der Waals surface area contributed by atoms with Crippen LogP contribution in [-0.4, -0.2) is 15.6 Å². The highest BCUT2D eigenvalue weighted by Crippen LogP contribution is 2.40. The summed E-state index contributed by atoms with van der Waals surface area (Å²) >= 11 is 0. The van der Waals surface area contributed by atoms with Crippen molar-refractivity contribution in [1.82, 2.24) is 0 Å². The maximum absolute atomic E-state index is 11.4. The van der Waals surface area contributed by atoms with Crippen LogP contribution in [0.4, 0.5) is 17.1 Å². The maximum atomic E-state index is 11.4. The van der Waals surface area contributed by atoms with Crippen LogP contribution in [-0.2, 0) is 5.41 Å². The average molecular weight is 382 g/mol. The van der Waals surface area contributed by atoms with Gasteiger partial charge >= 0.3 is 5.69 Å². The summed E-state index contributed by atoms with van der Waals surface area (Å²) < 4.78 is 0. The second-order valence-electron chi connectivity index (χ2n) is 7.32. The number of rotatable bonds is 5. The lowest BCUT2D eigenvalue weighted by Gasteiger charge is -2.39. The first-order valence-corrected chi connectivity index (χ1v) is 9.15. The van der Waals surface area contributed by atoms with E-state index in [1.807, 2.05) is 18.2 Å². The van der Waals surface area contributed by atoms with Crippen LogP contribution in [0.5, 0.6) is 0 Å². The Morgan fingerprint density at radius 1 is 1.11 bits per heavy atom. The molecule has 0 aromatic heterocycles. The van der Waals surface area contributed by atoms with Crippen LogP contribution in [0, 0.1) is 26.1 Å². The molecule has 0 radical (unpaired) electrons. The monoisotopic (exact) mass is 382 g/mol. The zero-order valence-corrected chi connectivity index (χ0v) is 15.8. The minimum Gasteiger partial charge on any atom is -0.272 e. The van der Waals surface area contributed by atoms with E-state index in [1.54, 1.807) is 0 Å². The number of benzene rings is 2. The third-order valence-corrected chi connectivity index (χ3v) is 5.44. The third-order valence-electron chi connectivity index (χ3n) is 5.44. The van der Waals surface area contributed by atoms with Gasteiger partial charge in [0.15, 0.2) is 0 Å². The summed E-state index contributed by atoms with van der Waals surface area (Å²) in [7, 11) is 0. The first-order valence-electron chi connectivity index (χ1n) is 9.15. The number of nitrogens with zero attached hydrogens (tertiary/aromatic N) is 3. The van der Waals surface area contributed by atoms with Gasteiger partial charge in [0.2, 0.25) is 0 Å². The lowest BCUT2D eigenvalue weighted by molar-refractivity contribution is -0.393. The lowest BCUT2D eigenvalue weighted by Crippen LogP contribution is -2.41. The van der Waals surface area contributed by atoms with E-state index in [0.29, 0.717) is 0 Å². The Labute approximate surface area is 162 Å². The molecule has 0 heterocycles. The fourth-order valence-electron chi connectivity index (χ4n) is 3.90. The Bertz CT molecular complexity index is 929. The molecular weight excluding hydrogens is 360 g/mol. The summed E-state index contributed by atoms with van der Waals surface area (Å²) in [6.45, 7) is 4.24. The topological polar surface area (TPSA) is 111 Å². The second kappa shape index (κ2) is 7.75. The van der Waals surface area contributed by atoms with Gasteiger partial charge in [0, 0.05) is 11.5 Å². The van der Waals surface area contributed by atoms with Gasteiger partial charge < -0.3 is 0 Å². The summed E-state index contributed by atoms with van der Waals surface area (Å²) in [5.74, 6) is 0.212. The SMILES string of the molecule is C[C@@H]1CCC[C@@](C)(c2ccccc2)/C1=N\Nc1ccc([N+](=O)[O-])cc1[N+](=O)[O-]. The van der Waals surface area contributed by atoms with Crippen molar-refractivity contribution in [3.05, 3.63) is 74.3 Å². The molecule has 0 spiro atoms. The highest BCUT2D eigenvalue weighted by atomic mass is 16.6. The van der Waals surface area contributed by atoms with Gasteiger partial charge in [-0.1, -0.05) is 50.6 Å². The van der Waals surface area contributed by atoms with Gasteiger partial charge in [-0.3, -0.25) is 25.7 Å². The van der Waals surface area contributed by atoms with Crippen molar-refractivity contribution in [2.24, 2.45) is 11.0 Å². The number of anilines is 1. The van der Waals surface area contributed by atoms with Crippen molar-refractivity contribution >= 4 is 22.8 Å². The number of nitro groups is 2. The van der Waals surface area contributed by atoms with E-state index in [4.69, 9.17) is 0 Å². The third kappa shape index (κ3) is 3.71. The Morgan fingerprint density at radius 2 is 1.82 bits per heavy atom. The summed E-state index contributed by atoms with van der Waals surface area (Å²) in [6.07, 6.45) is 3.00. The molecular formula is C20H22N4O4.